The molecule has 1 amide bonds. The van der Waals surface area contributed by atoms with Gasteiger partial charge in [0.05, 0.1) is 15.5 Å². The van der Waals surface area contributed by atoms with Gasteiger partial charge in [-0.25, -0.2) is 4.98 Å². The monoisotopic (exact) mass is 458 g/mol. The lowest BCUT2D eigenvalue weighted by molar-refractivity contribution is -0.175. The van der Waals surface area contributed by atoms with Crippen LogP contribution in [0.2, 0.25) is 10.0 Å². The Balaban J connectivity index is 1.28. The van der Waals surface area contributed by atoms with Crippen molar-refractivity contribution in [1.82, 2.24) is 4.98 Å². The molecule has 0 aliphatic heterocycles. The predicted octanol–water partition coefficient (Wildman–Crippen LogP) is 5.41. The molecule has 0 spiro atoms. The summed E-state index contributed by atoms with van der Waals surface area (Å²) in [5.74, 6) is 0.574. The summed E-state index contributed by atoms with van der Waals surface area (Å²) in [4.78, 5) is 29.6. The molecule has 2 unspecified atom stereocenters. The second-order valence-electron chi connectivity index (χ2n) is 9.50. The average Bonchev–Trinajstić information content (AvgIpc) is 2.74. The molecule has 4 aliphatic rings. The lowest BCUT2D eigenvalue weighted by Gasteiger charge is -2.61. The molecule has 5 nitrogen and oxygen atoms in total. The number of carbonyl (C=O) groups excluding carboxylic acids is 2. The highest BCUT2D eigenvalue weighted by atomic mass is 35.5. The largest absolute Gasteiger partial charge is 0.455 e. The van der Waals surface area contributed by atoms with Crippen molar-refractivity contribution in [3.63, 3.8) is 0 Å². The Bertz CT molecular complexity index is 1010. The highest BCUT2D eigenvalue weighted by Gasteiger charge is 2.61. The summed E-state index contributed by atoms with van der Waals surface area (Å²) >= 11 is 11.9. The maximum Gasteiger partial charge on any atom is 0.312 e. The zero-order valence-electron chi connectivity index (χ0n) is 17.1. The Kier molecular flexibility index (Phi) is 5.22. The normalized spacial score (nSPS) is 30.8. The smallest absolute Gasteiger partial charge is 0.312 e. The topological polar surface area (TPSA) is 68.3 Å². The maximum atomic E-state index is 13.3. The molecular weight excluding hydrogens is 435 g/mol. The third-order valence-electron chi connectivity index (χ3n) is 7.28. The first-order valence-corrected chi connectivity index (χ1v) is 11.5. The third kappa shape index (κ3) is 3.83. The van der Waals surface area contributed by atoms with Gasteiger partial charge in [-0.05, 0) is 67.4 Å². The molecule has 1 aromatic heterocycles. The van der Waals surface area contributed by atoms with Crippen molar-refractivity contribution < 1.29 is 14.3 Å². The van der Waals surface area contributed by atoms with E-state index in [-0.39, 0.29) is 28.8 Å². The lowest BCUT2D eigenvalue weighted by atomic mass is 9.43. The first kappa shape index (κ1) is 20.8. The van der Waals surface area contributed by atoms with Crippen molar-refractivity contribution in [1.29, 1.82) is 0 Å². The van der Waals surface area contributed by atoms with Crippen LogP contribution in [-0.4, -0.2) is 23.5 Å². The number of benzene rings is 1. The van der Waals surface area contributed by atoms with E-state index in [1.165, 1.54) is 24.2 Å². The van der Waals surface area contributed by atoms with Gasteiger partial charge < -0.3 is 10.1 Å². The molecule has 1 heterocycles. The van der Waals surface area contributed by atoms with Crippen LogP contribution >= 0.6 is 23.2 Å². The minimum atomic E-state index is -0.490. The van der Waals surface area contributed by atoms with Gasteiger partial charge in [0.25, 0.3) is 5.91 Å². The van der Waals surface area contributed by atoms with Crippen molar-refractivity contribution in [2.45, 2.75) is 43.9 Å². The summed E-state index contributed by atoms with van der Waals surface area (Å²) < 4.78 is 5.56. The molecule has 4 saturated carbocycles. The highest BCUT2D eigenvalue weighted by Crippen LogP contribution is 2.66. The van der Waals surface area contributed by atoms with Crippen molar-refractivity contribution in [2.24, 2.45) is 17.3 Å². The van der Waals surface area contributed by atoms with Crippen LogP contribution in [0, 0.1) is 17.3 Å². The van der Waals surface area contributed by atoms with Gasteiger partial charge in [0, 0.05) is 6.20 Å². The van der Waals surface area contributed by atoms with Crippen molar-refractivity contribution in [2.75, 3.05) is 11.9 Å². The van der Waals surface area contributed by atoms with Crippen LogP contribution in [-0.2, 0) is 19.7 Å². The summed E-state index contributed by atoms with van der Waals surface area (Å²) in [5, 5.41) is 3.19. The molecule has 7 heteroatoms. The van der Waals surface area contributed by atoms with Gasteiger partial charge in [-0.15, -0.1) is 0 Å². The van der Waals surface area contributed by atoms with E-state index in [9.17, 15) is 9.59 Å². The molecule has 162 valence electrons. The molecule has 4 fully saturated rings. The number of ether oxygens (including phenoxy) is 1. The highest BCUT2D eigenvalue weighted by molar-refractivity contribution is 6.36. The number of hydrogen-bond acceptors (Lipinski definition) is 4. The number of amides is 1. The average molecular weight is 459 g/mol. The SMILES string of the molecule is O=C(COC(=O)C12C[C@H]3C[C@@H](C1)CC(c1ccccc1)(C3)C2)Nc1ncc(Cl)cc1Cl. The minimum absolute atomic E-state index is 0.0490. The number of anilines is 1. The van der Waals surface area contributed by atoms with Gasteiger partial charge in [-0.1, -0.05) is 53.5 Å². The molecule has 6 rings (SSSR count). The van der Waals surface area contributed by atoms with Gasteiger partial charge >= 0.3 is 5.97 Å². The van der Waals surface area contributed by atoms with Gasteiger partial charge in [-0.3, -0.25) is 9.59 Å². The van der Waals surface area contributed by atoms with Gasteiger partial charge in [0.15, 0.2) is 12.4 Å². The molecule has 0 saturated heterocycles. The number of carbonyl (C=O) groups is 2. The van der Waals surface area contributed by atoms with E-state index < -0.39 is 11.3 Å². The van der Waals surface area contributed by atoms with Crippen molar-refractivity contribution in [3.8, 4) is 0 Å². The molecule has 31 heavy (non-hydrogen) atoms. The molecule has 4 aliphatic carbocycles. The van der Waals surface area contributed by atoms with Crippen molar-refractivity contribution in [3.05, 3.63) is 58.2 Å². The minimum Gasteiger partial charge on any atom is -0.455 e. The quantitative estimate of drug-likeness (QED) is 0.608. The van der Waals surface area contributed by atoms with Crippen LogP contribution < -0.4 is 5.32 Å². The van der Waals surface area contributed by atoms with Gasteiger partial charge in [0.2, 0.25) is 0 Å². The Morgan fingerprint density at radius 2 is 1.81 bits per heavy atom. The van der Waals surface area contributed by atoms with E-state index in [0.717, 1.165) is 32.1 Å². The van der Waals surface area contributed by atoms with Crippen LogP contribution in [0.15, 0.2) is 42.6 Å². The zero-order chi connectivity index (χ0) is 21.6. The Morgan fingerprint density at radius 1 is 1.10 bits per heavy atom. The Hall–Kier alpha value is -2.11. The van der Waals surface area contributed by atoms with Crippen LogP contribution in [0.25, 0.3) is 0 Å². The number of pyridine rings is 1. The standard InChI is InChI=1S/C24H24Cl2N2O3/c25-18-7-19(26)21(27-12-18)28-20(29)13-31-22(30)24-10-15-6-16(11-24)9-23(8-15,14-24)17-4-2-1-3-5-17/h1-5,7,12,15-16H,6,8-11,13-14H2,(H,27,28,29)/t15-,16+,23?,24?. The fourth-order valence-corrected chi connectivity index (χ4v) is 7.02. The van der Waals surface area contributed by atoms with E-state index in [1.54, 1.807) is 0 Å². The molecule has 1 N–H and O–H groups in total. The molecule has 1 aromatic carbocycles. The summed E-state index contributed by atoms with van der Waals surface area (Å²) in [7, 11) is 0. The summed E-state index contributed by atoms with van der Waals surface area (Å²) in [6.45, 7) is -0.352. The third-order valence-corrected chi connectivity index (χ3v) is 7.78. The van der Waals surface area contributed by atoms with Crippen LogP contribution in [0.5, 0.6) is 0 Å². The number of nitrogens with one attached hydrogen (secondary N) is 1. The van der Waals surface area contributed by atoms with Crippen LogP contribution in [0.3, 0.4) is 0 Å². The summed E-state index contributed by atoms with van der Waals surface area (Å²) in [6.07, 6.45) is 7.42. The molecule has 2 aromatic rings. The summed E-state index contributed by atoms with van der Waals surface area (Å²) in [6, 6.07) is 12.1. The van der Waals surface area contributed by atoms with Crippen LogP contribution in [0.1, 0.15) is 44.1 Å². The van der Waals surface area contributed by atoms with Gasteiger partial charge in [0.1, 0.15) is 0 Å². The molecule has 0 radical (unpaired) electrons. The first-order chi connectivity index (χ1) is 14.9. The number of rotatable bonds is 5. The molecular formula is C24H24Cl2N2O3. The predicted molar refractivity (Wildman–Crippen MR) is 119 cm³/mol. The van der Waals surface area contributed by atoms with E-state index in [4.69, 9.17) is 27.9 Å². The van der Waals surface area contributed by atoms with E-state index in [2.05, 4.69) is 34.6 Å². The van der Waals surface area contributed by atoms with Gasteiger partial charge in [-0.2, -0.15) is 0 Å². The number of halogens is 2. The van der Waals surface area contributed by atoms with E-state index in [1.807, 2.05) is 6.07 Å². The second-order valence-corrected chi connectivity index (χ2v) is 10.3. The van der Waals surface area contributed by atoms with Crippen molar-refractivity contribution >= 4 is 40.9 Å². The number of hydrogen-bond donors (Lipinski definition) is 1. The molecule has 4 atom stereocenters. The molecule has 4 bridgehead atoms. The number of aromatic nitrogens is 1. The van der Waals surface area contributed by atoms with E-state index >= 15 is 0 Å². The second kappa shape index (κ2) is 7.79. The first-order valence-electron chi connectivity index (χ1n) is 10.7. The Labute approximate surface area is 191 Å². The fraction of sp³-hybridized carbons (Fsp3) is 0.458. The maximum absolute atomic E-state index is 13.3. The fourth-order valence-electron chi connectivity index (χ4n) is 6.59. The van der Waals surface area contributed by atoms with E-state index in [0.29, 0.717) is 16.9 Å². The number of nitrogens with zero attached hydrogens (tertiary/aromatic N) is 1. The number of esters is 1. The van der Waals surface area contributed by atoms with Crippen LogP contribution in [0.4, 0.5) is 5.82 Å². The summed E-state index contributed by atoms with van der Waals surface area (Å²) in [5.41, 5.74) is 0.895. The lowest BCUT2D eigenvalue weighted by Crippen LogP contribution is -2.57. The zero-order valence-corrected chi connectivity index (χ0v) is 18.6. The Morgan fingerprint density at radius 3 is 2.48 bits per heavy atom.